The van der Waals surface area contributed by atoms with Crippen molar-refractivity contribution in [3.63, 3.8) is 0 Å². The van der Waals surface area contributed by atoms with E-state index in [0.29, 0.717) is 13.2 Å². The minimum absolute atomic E-state index is 0.505. The van der Waals surface area contributed by atoms with Crippen molar-refractivity contribution in [3.8, 4) is 0 Å². The fourth-order valence-corrected chi connectivity index (χ4v) is 1.16. The van der Waals surface area contributed by atoms with Crippen molar-refractivity contribution in [2.24, 2.45) is 5.73 Å². The van der Waals surface area contributed by atoms with Crippen LogP contribution in [0.25, 0.3) is 0 Å². The summed E-state index contributed by atoms with van der Waals surface area (Å²) in [5.41, 5.74) is 7.64. The molecule has 14 heavy (non-hydrogen) atoms. The second-order valence-electron chi connectivity index (χ2n) is 2.86. The second kappa shape index (κ2) is 6.34. The first-order valence-electron chi connectivity index (χ1n) is 4.83. The third-order valence-corrected chi connectivity index (χ3v) is 1.89. The number of rotatable bonds is 6. The van der Waals surface area contributed by atoms with E-state index in [2.05, 4.69) is 10.3 Å². The van der Waals surface area contributed by atoms with Crippen LogP contribution in [-0.4, -0.2) is 24.7 Å². The molecule has 1 aromatic rings. The van der Waals surface area contributed by atoms with E-state index in [1.807, 2.05) is 13.0 Å². The maximum Gasteiger partial charge on any atom is 0.0638 e. The molecule has 0 saturated heterocycles. The molecule has 0 radical (unpaired) electrons. The molecule has 1 aromatic heterocycles. The van der Waals surface area contributed by atoms with Crippen molar-refractivity contribution in [3.05, 3.63) is 24.0 Å². The molecule has 0 atom stereocenters. The van der Waals surface area contributed by atoms with Gasteiger partial charge in [0.25, 0.3) is 0 Å². The molecule has 1 heterocycles. The lowest BCUT2D eigenvalue weighted by Gasteiger charge is -2.09. The van der Waals surface area contributed by atoms with Gasteiger partial charge in [-0.2, -0.15) is 0 Å². The van der Waals surface area contributed by atoms with Crippen LogP contribution in [0.4, 0.5) is 5.69 Å². The Kier molecular flexibility index (Phi) is 4.96. The van der Waals surface area contributed by atoms with Crippen molar-refractivity contribution in [1.29, 1.82) is 0 Å². The van der Waals surface area contributed by atoms with Crippen LogP contribution >= 0.6 is 0 Å². The smallest absolute Gasteiger partial charge is 0.0638 e. The molecule has 3 N–H and O–H groups in total. The van der Waals surface area contributed by atoms with Crippen molar-refractivity contribution >= 4 is 5.69 Å². The fourth-order valence-electron chi connectivity index (χ4n) is 1.16. The minimum Gasteiger partial charge on any atom is -0.382 e. The molecule has 0 aromatic carbocycles. The standard InChI is InChI=1S/C10H17N3O/c1-2-14-6-5-13-10-3-4-12-8-9(10)7-11/h3-4,8H,2,5-7,11H2,1H3,(H,12,13). The van der Waals surface area contributed by atoms with Gasteiger partial charge in [0.15, 0.2) is 0 Å². The number of nitrogens with zero attached hydrogens (tertiary/aromatic N) is 1. The van der Waals surface area contributed by atoms with Gasteiger partial charge in [0.1, 0.15) is 0 Å². The number of pyridine rings is 1. The Morgan fingerprint density at radius 1 is 1.57 bits per heavy atom. The normalized spacial score (nSPS) is 10.1. The van der Waals surface area contributed by atoms with Crippen LogP contribution in [0, 0.1) is 0 Å². The lowest BCUT2D eigenvalue weighted by molar-refractivity contribution is 0.158. The summed E-state index contributed by atoms with van der Waals surface area (Å²) in [6.45, 7) is 4.75. The summed E-state index contributed by atoms with van der Waals surface area (Å²) in [5.74, 6) is 0. The summed E-state index contributed by atoms with van der Waals surface area (Å²) >= 11 is 0. The van der Waals surface area contributed by atoms with Crippen LogP contribution in [-0.2, 0) is 11.3 Å². The molecular formula is C10H17N3O. The number of nitrogens with one attached hydrogen (secondary N) is 1. The number of nitrogens with two attached hydrogens (primary N) is 1. The first kappa shape index (κ1) is 10.9. The van der Waals surface area contributed by atoms with Crippen molar-refractivity contribution in [1.82, 2.24) is 4.98 Å². The first-order chi connectivity index (χ1) is 6.88. The third kappa shape index (κ3) is 3.32. The Balaban J connectivity index is 2.41. The van der Waals surface area contributed by atoms with Crippen molar-refractivity contribution < 1.29 is 4.74 Å². The molecule has 1 rings (SSSR count). The zero-order chi connectivity index (χ0) is 10.2. The lowest BCUT2D eigenvalue weighted by atomic mass is 10.2. The largest absolute Gasteiger partial charge is 0.382 e. The molecule has 0 aliphatic heterocycles. The van der Waals surface area contributed by atoms with Gasteiger partial charge in [0.2, 0.25) is 0 Å². The van der Waals surface area contributed by atoms with Gasteiger partial charge in [-0.05, 0) is 13.0 Å². The third-order valence-electron chi connectivity index (χ3n) is 1.89. The quantitative estimate of drug-likeness (QED) is 0.664. The molecule has 4 heteroatoms. The Labute approximate surface area is 84.5 Å². The fraction of sp³-hybridized carbons (Fsp3) is 0.500. The van der Waals surface area contributed by atoms with E-state index in [1.54, 1.807) is 12.4 Å². The van der Waals surface area contributed by atoms with Crippen molar-refractivity contribution in [2.75, 3.05) is 25.1 Å². The maximum absolute atomic E-state index is 5.57. The lowest BCUT2D eigenvalue weighted by Crippen LogP contribution is -2.11. The molecule has 78 valence electrons. The number of aromatic nitrogens is 1. The van der Waals surface area contributed by atoms with Crippen LogP contribution in [0.3, 0.4) is 0 Å². The van der Waals surface area contributed by atoms with Gasteiger partial charge in [-0.25, -0.2) is 0 Å². The SMILES string of the molecule is CCOCCNc1ccncc1CN. The van der Waals surface area contributed by atoms with Crippen LogP contribution in [0.5, 0.6) is 0 Å². The van der Waals surface area contributed by atoms with E-state index in [9.17, 15) is 0 Å². The summed E-state index contributed by atoms with van der Waals surface area (Å²) < 4.78 is 5.22. The summed E-state index contributed by atoms with van der Waals surface area (Å²) in [4.78, 5) is 4.01. The van der Waals surface area contributed by atoms with E-state index in [1.165, 1.54) is 0 Å². The minimum atomic E-state index is 0.505. The van der Waals surface area contributed by atoms with Gasteiger partial charge in [-0.3, -0.25) is 4.98 Å². The Morgan fingerprint density at radius 2 is 2.43 bits per heavy atom. The average molecular weight is 195 g/mol. The highest BCUT2D eigenvalue weighted by Crippen LogP contribution is 2.11. The predicted molar refractivity (Wildman–Crippen MR) is 57.1 cm³/mol. The van der Waals surface area contributed by atoms with Gasteiger partial charge in [-0.1, -0.05) is 0 Å². The van der Waals surface area contributed by atoms with Gasteiger partial charge in [0, 0.05) is 43.3 Å². The second-order valence-corrected chi connectivity index (χ2v) is 2.86. The zero-order valence-electron chi connectivity index (χ0n) is 8.49. The van der Waals surface area contributed by atoms with Crippen LogP contribution in [0.15, 0.2) is 18.5 Å². The van der Waals surface area contributed by atoms with Crippen LogP contribution in [0.2, 0.25) is 0 Å². The van der Waals surface area contributed by atoms with E-state index < -0.39 is 0 Å². The highest BCUT2D eigenvalue weighted by Gasteiger charge is 1.98. The summed E-state index contributed by atoms with van der Waals surface area (Å²) in [5, 5.41) is 3.25. The van der Waals surface area contributed by atoms with Gasteiger partial charge in [-0.15, -0.1) is 0 Å². The molecule has 0 saturated carbocycles. The number of ether oxygens (including phenoxy) is 1. The molecule has 4 nitrogen and oxygen atoms in total. The molecule has 0 unspecified atom stereocenters. The predicted octanol–water partition coefficient (Wildman–Crippen LogP) is 0.989. The molecule has 0 fully saturated rings. The van der Waals surface area contributed by atoms with E-state index in [0.717, 1.165) is 24.4 Å². The molecule has 0 spiro atoms. The van der Waals surface area contributed by atoms with Gasteiger partial charge in [0.05, 0.1) is 6.61 Å². The monoisotopic (exact) mass is 195 g/mol. The number of anilines is 1. The summed E-state index contributed by atoms with van der Waals surface area (Å²) in [6, 6.07) is 1.92. The Hall–Kier alpha value is -1.13. The van der Waals surface area contributed by atoms with Crippen molar-refractivity contribution in [2.45, 2.75) is 13.5 Å². The molecule has 0 amide bonds. The van der Waals surface area contributed by atoms with Crippen LogP contribution in [0.1, 0.15) is 12.5 Å². The summed E-state index contributed by atoms with van der Waals surface area (Å²) in [7, 11) is 0. The molecular weight excluding hydrogens is 178 g/mol. The summed E-state index contributed by atoms with van der Waals surface area (Å²) in [6.07, 6.45) is 3.53. The van der Waals surface area contributed by atoms with Crippen LogP contribution < -0.4 is 11.1 Å². The molecule has 0 aliphatic rings. The molecule has 0 aliphatic carbocycles. The highest BCUT2D eigenvalue weighted by molar-refractivity contribution is 5.49. The molecule has 0 bridgehead atoms. The average Bonchev–Trinajstić information content (AvgIpc) is 2.25. The highest BCUT2D eigenvalue weighted by atomic mass is 16.5. The Morgan fingerprint density at radius 3 is 3.14 bits per heavy atom. The first-order valence-corrected chi connectivity index (χ1v) is 4.83. The topological polar surface area (TPSA) is 60.2 Å². The maximum atomic E-state index is 5.57. The Bertz CT molecular complexity index is 265. The van der Waals surface area contributed by atoms with E-state index >= 15 is 0 Å². The van der Waals surface area contributed by atoms with E-state index in [-0.39, 0.29) is 0 Å². The van der Waals surface area contributed by atoms with Gasteiger partial charge < -0.3 is 15.8 Å². The van der Waals surface area contributed by atoms with E-state index in [4.69, 9.17) is 10.5 Å². The zero-order valence-corrected chi connectivity index (χ0v) is 8.49. The number of hydrogen-bond donors (Lipinski definition) is 2. The van der Waals surface area contributed by atoms with Gasteiger partial charge >= 0.3 is 0 Å². The number of hydrogen-bond acceptors (Lipinski definition) is 4.